The van der Waals surface area contributed by atoms with Gasteiger partial charge in [-0.2, -0.15) is 13.2 Å². The van der Waals surface area contributed by atoms with Gasteiger partial charge in [0.15, 0.2) is 0 Å². The van der Waals surface area contributed by atoms with Crippen LogP contribution in [0.4, 0.5) is 13.2 Å². The highest BCUT2D eigenvalue weighted by Gasteiger charge is 2.60. The number of hydrogen-bond acceptors (Lipinski definition) is 2. The van der Waals surface area contributed by atoms with Crippen LogP contribution in [0, 0.1) is 6.92 Å². The number of carbonyl (C=O) groups is 1. The van der Waals surface area contributed by atoms with Crippen LogP contribution >= 0.6 is 0 Å². The Hall–Kier alpha value is -1.56. The molecule has 1 heterocycles. The molecule has 0 spiro atoms. The predicted molar refractivity (Wildman–Crippen MR) is 57.7 cm³/mol. The number of halogens is 3. The summed E-state index contributed by atoms with van der Waals surface area (Å²) in [5, 5.41) is 11.1. The van der Waals surface area contributed by atoms with Gasteiger partial charge in [-0.15, -0.1) is 0 Å². The summed E-state index contributed by atoms with van der Waals surface area (Å²) in [6.45, 7) is 1.78. The molecule has 1 aliphatic rings. The van der Waals surface area contributed by atoms with E-state index in [1.165, 1.54) is 0 Å². The van der Waals surface area contributed by atoms with E-state index in [0.717, 1.165) is 5.56 Å². The van der Waals surface area contributed by atoms with Crippen LogP contribution in [-0.2, 0) is 4.79 Å². The van der Waals surface area contributed by atoms with Crippen LogP contribution in [0.5, 0.6) is 0 Å². The molecular weight excluding hydrogens is 247 g/mol. The molecule has 0 aliphatic carbocycles. The van der Waals surface area contributed by atoms with E-state index in [-0.39, 0.29) is 0 Å². The monoisotopic (exact) mass is 259 g/mol. The molecule has 2 N–H and O–H groups in total. The Bertz CT molecular complexity index is 486. The molecule has 0 unspecified atom stereocenters. The van der Waals surface area contributed by atoms with Crippen molar-refractivity contribution in [3.8, 4) is 0 Å². The Balaban J connectivity index is 2.31. The molecule has 1 aliphatic heterocycles. The molecule has 3 nitrogen and oxygen atoms in total. The van der Waals surface area contributed by atoms with Gasteiger partial charge in [0.2, 0.25) is 11.6 Å². The minimum atomic E-state index is -4.87. The quantitative estimate of drug-likeness (QED) is 0.808. The molecule has 0 radical (unpaired) electrons. The second-order valence-corrected chi connectivity index (χ2v) is 4.52. The van der Waals surface area contributed by atoms with Crippen LogP contribution in [0.1, 0.15) is 23.5 Å². The van der Waals surface area contributed by atoms with E-state index in [4.69, 9.17) is 0 Å². The number of aryl methyl sites for hydroxylation is 1. The molecular formula is C12H12F3NO2. The molecule has 6 heteroatoms. The lowest BCUT2D eigenvalue weighted by Crippen LogP contribution is -2.53. The lowest BCUT2D eigenvalue weighted by atomic mass is 9.93. The van der Waals surface area contributed by atoms with E-state index in [0.29, 0.717) is 5.56 Å². The van der Waals surface area contributed by atoms with Gasteiger partial charge in [0.25, 0.3) is 0 Å². The summed E-state index contributed by atoms with van der Waals surface area (Å²) in [4.78, 5) is 11.6. The van der Waals surface area contributed by atoms with Gasteiger partial charge in [-0.1, -0.05) is 29.8 Å². The third-order valence-corrected chi connectivity index (χ3v) is 3.06. The van der Waals surface area contributed by atoms with Gasteiger partial charge in [0.05, 0.1) is 5.92 Å². The van der Waals surface area contributed by atoms with Crippen LogP contribution in [0.3, 0.4) is 0 Å². The van der Waals surface area contributed by atoms with Crippen LogP contribution in [0.25, 0.3) is 0 Å². The topological polar surface area (TPSA) is 49.3 Å². The van der Waals surface area contributed by atoms with E-state index in [1.807, 2.05) is 0 Å². The van der Waals surface area contributed by atoms with E-state index in [2.05, 4.69) is 0 Å². The summed E-state index contributed by atoms with van der Waals surface area (Å²) in [5.41, 5.74) is -1.80. The fourth-order valence-electron chi connectivity index (χ4n) is 2.07. The van der Waals surface area contributed by atoms with Crippen molar-refractivity contribution in [2.75, 3.05) is 0 Å². The zero-order valence-corrected chi connectivity index (χ0v) is 9.58. The SMILES string of the molecule is Cc1cccc([C@@H]2C[C@](O)(C(F)(F)F)NC2=O)c1. The first-order chi connectivity index (χ1) is 8.23. The maximum absolute atomic E-state index is 12.6. The van der Waals surface area contributed by atoms with E-state index in [1.54, 1.807) is 36.5 Å². The number of alkyl halides is 3. The normalized spacial score (nSPS) is 28.3. The van der Waals surface area contributed by atoms with Gasteiger partial charge in [0, 0.05) is 6.42 Å². The molecule has 1 aromatic rings. The number of hydrogen-bond donors (Lipinski definition) is 2. The smallest absolute Gasteiger partial charge is 0.363 e. The van der Waals surface area contributed by atoms with E-state index >= 15 is 0 Å². The minimum absolute atomic E-state index is 0.479. The molecule has 1 aromatic carbocycles. The van der Waals surface area contributed by atoms with Crippen molar-refractivity contribution in [2.45, 2.75) is 31.2 Å². The third kappa shape index (κ3) is 2.08. The molecule has 0 aromatic heterocycles. The van der Waals surface area contributed by atoms with Gasteiger partial charge in [-0.3, -0.25) is 4.79 Å². The highest BCUT2D eigenvalue weighted by Crippen LogP contribution is 2.41. The molecule has 2 atom stereocenters. The lowest BCUT2D eigenvalue weighted by molar-refractivity contribution is -0.266. The number of amides is 1. The summed E-state index contributed by atoms with van der Waals surface area (Å²) in [6, 6.07) is 6.68. The van der Waals surface area contributed by atoms with Gasteiger partial charge >= 0.3 is 6.18 Å². The Morgan fingerprint density at radius 3 is 2.61 bits per heavy atom. The second kappa shape index (κ2) is 3.98. The van der Waals surface area contributed by atoms with Crippen LogP contribution in [0.2, 0.25) is 0 Å². The first-order valence-corrected chi connectivity index (χ1v) is 5.41. The van der Waals surface area contributed by atoms with Gasteiger partial charge in [0.1, 0.15) is 0 Å². The zero-order chi connectivity index (χ0) is 13.6. The summed E-state index contributed by atoms with van der Waals surface area (Å²) in [6.07, 6.45) is -5.57. The van der Waals surface area contributed by atoms with Gasteiger partial charge in [-0.25, -0.2) is 0 Å². The molecule has 98 valence electrons. The fourth-order valence-corrected chi connectivity index (χ4v) is 2.07. The van der Waals surface area contributed by atoms with Crippen molar-refractivity contribution >= 4 is 5.91 Å². The van der Waals surface area contributed by atoms with Crippen LogP contribution in [0.15, 0.2) is 24.3 Å². The van der Waals surface area contributed by atoms with Crippen molar-refractivity contribution in [3.05, 3.63) is 35.4 Å². The first-order valence-electron chi connectivity index (χ1n) is 5.41. The average Bonchev–Trinajstić information content (AvgIpc) is 2.55. The maximum Gasteiger partial charge on any atom is 0.436 e. The Morgan fingerprint density at radius 1 is 1.44 bits per heavy atom. The zero-order valence-electron chi connectivity index (χ0n) is 9.58. The highest BCUT2D eigenvalue weighted by molar-refractivity contribution is 5.86. The van der Waals surface area contributed by atoms with Crippen LogP contribution < -0.4 is 5.32 Å². The van der Waals surface area contributed by atoms with Crippen molar-refractivity contribution in [1.82, 2.24) is 5.32 Å². The summed E-state index contributed by atoms with van der Waals surface area (Å²) in [5.74, 6) is -1.78. The van der Waals surface area contributed by atoms with Crippen molar-refractivity contribution < 1.29 is 23.1 Å². The third-order valence-electron chi connectivity index (χ3n) is 3.06. The molecule has 0 bridgehead atoms. The summed E-state index contributed by atoms with van der Waals surface area (Å²) < 4.78 is 37.9. The molecule has 0 saturated carbocycles. The van der Waals surface area contributed by atoms with E-state index < -0.39 is 30.1 Å². The van der Waals surface area contributed by atoms with Gasteiger partial charge < -0.3 is 10.4 Å². The molecule has 1 saturated heterocycles. The van der Waals surface area contributed by atoms with Crippen molar-refractivity contribution in [1.29, 1.82) is 0 Å². The number of aliphatic hydroxyl groups is 1. The summed E-state index contributed by atoms with van der Waals surface area (Å²) in [7, 11) is 0. The molecule has 1 fully saturated rings. The maximum atomic E-state index is 12.6. The van der Waals surface area contributed by atoms with Crippen molar-refractivity contribution in [2.24, 2.45) is 0 Å². The Labute approximate surface area is 102 Å². The number of rotatable bonds is 1. The van der Waals surface area contributed by atoms with E-state index in [9.17, 15) is 23.1 Å². The Morgan fingerprint density at radius 2 is 2.11 bits per heavy atom. The predicted octanol–water partition coefficient (Wildman–Crippen LogP) is 1.85. The molecule has 2 rings (SSSR count). The summed E-state index contributed by atoms with van der Waals surface area (Å²) >= 11 is 0. The average molecular weight is 259 g/mol. The fraction of sp³-hybridized carbons (Fsp3) is 0.417. The first kappa shape index (κ1) is 12.9. The Kier molecular flexibility index (Phi) is 2.85. The van der Waals surface area contributed by atoms with Gasteiger partial charge in [-0.05, 0) is 12.5 Å². The molecule has 1 amide bonds. The second-order valence-electron chi connectivity index (χ2n) is 4.52. The number of nitrogens with one attached hydrogen (secondary N) is 1. The standard InChI is InChI=1S/C12H12F3NO2/c1-7-3-2-4-8(5-7)9-6-11(18,12(13,14)15)16-10(9)17/h2-5,9,18H,6H2,1H3,(H,16,17)/t9-,11-/m0/s1. The van der Waals surface area contributed by atoms with Crippen molar-refractivity contribution in [3.63, 3.8) is 0 Å². The minimum Gasteiger partial charge on any atom is -0.363 e. The van der Waals surface area contributed by atoms with Crippen LogP contribution in [-0.4, -0.2) is 22.9 Å². The largest absolute Gasteiger partial charge is 0.436 e. The number of benzene rings is 1. The molecule has 18 heavy (non-hydrogen) atoms. The highest BCUT2D eigenvalue weighted by atomic mass is 19.4. The lowest BCUT2D eigenvalue weighted by Gasteiger charge is -2.25. The number of carbonyl (C=O) groups excluding carboxylic acids is 1.